The molecule has 0 aliphatic rings. The van der Waals surface area contributed by atoms with Gasteiger partial charge in [0, 0.05) is 12.5 Å². The molecule has 1 aromatic carbocycles. The zero-order chi connectivity index (χ0) is 16.2. The molecule has 0 radical (unpaired) electrons. The van der Waals surface area contributed by atoms with Crippen LogP contribution in [-0.4, -0.2) is 29.5 Å². The van der Waals surface area contributed by atoms with Gasteiger partial charge in [-0.1, -0.05) is 62.4 Å². The van der Waals surface area contributed by atoms with Crippen molar-refractivity contribution in [3.63, 3.8) is 0 Å². The quantitative estimate of drug-likeness (QED) is 0.699. The van der Waals surface area contributed by atoms with E-state index in [1.54, 1.807) is 13.3 Å². The maximum Gasteiger partial charge on any atom is 0.344 e. The fraction of sp³-hybridized carbons (Fsp3) is 0.333. The van der Waals surface area contributed by atoms with Crippen LogP contribution in [0.4, 0.5) is 9.93 Å². The van der Waals surface area contributed by atoms with Gasteiger partial charge < -0.3 is 5.32 Å². The molecule has 2 aromatic rings. The first-order valence-electron chi connectivity index (χ1n) is 6.86. The fourth-order valence-corrected chi connectivity index (χ4v) is 2.42. The van der Waals surface area contributed by atoms with Gasteiger partial charge in [-0.05, 0) is 5.56 Å². The molecule has 22 heavy (non-hydrogen) atoms. The summed E-state index contributed by atoms with van der Waals surface area (Å²) in [5.41, 5.74) is 0.782. The number of benzene rings is 1. The lowest BCUT2D eigenvalue weighted by atomic mass is 9.98. The van der Waals surface area contributed by atoms with Gasteiger partial charge in [0.1, 0.15) is 5.01 Å². The predicted octanol–water partition coefficient (Wildman–Crippen LogP) is 3.02. The van der Waals surface area contributed by atoms with E-state index in [1.807, 2.05) is 30.3 Å². The van der Waals surface area contributed by atoms with Crippen molar-refractivity contribution in [3.05, 3.63) is 40.9 Å². The Kier molecular flexibility index (Phi) is 4.87. The third-order valence-electron chi connectivity index (χ3n) is 2.77. The van der Waals surface area contributed by atoms with Gasteiger partial charge in [-0.3, -0.25) is 0 Å². The predicted molar refractivity (Wildman–Crippen MR) is 89.6 cm³/mol. The molecule has 1 heterocycles. The van der Waals surface area contributed by atoms with Gasteiger partial charge in [0.05, 0.1) is 6.21 Å². The van der Waals surface area contributed by atoms with Crippen LogP contribution in [0.2, 0.25) is 0 Å². The van der Waals surface area contributed by atoms with E-state index in [4.69, 9.17) is 0 Å². The van der Waals surface area contributed by atoms with E-state index in [0.29, 0.717) is 5.13 Å². The Bertz CT molecular complexity index is 660. The van der Waals surface area contributed by atoms with Crippen LogP contribution in [0.1, 0.15) is 31.3 Å². The zero-order valence-corrected chi connectivity index (χ0v) is 13.9. The van der Waals surface area contributed by atoms with Crippen molar-refractivity contribution in [1.29, 1.82) is 0 Å². The number of carbonyl (C=O) groups excluding carboxylic acids is 1. The number of hydrogen-bond acceptors (Lipinski definition) is 5. The molecule has 2 amide bonds. The number of nitrogens with zero attached hydrogens (tertiary/aromatic N) is 4. The number of aromatic nitrogens is 2. The van der Waals surface area contributed by atoms with Gasteiger partial charge in [-0.2, -0.15) is 10.1 Å². The molecule has 7 heteroatoms. The molecule has 0 saturated carbocycles. The highest BCUT2D eigenvalue weighted by Gasteiger charge is 2.24. The Hall–Kier alpha value is -2.28. The molecule has 0 saturated heterocycles. The summed E-state index contributed by atoms with van der Waals surface area (Å²) in [6.07, 6.45) is 1.62. The first-order valence-corrected chi connectivity index (χ1v) is 7.68. The van der Waals surface area contributed by atoms with Gasteiger partial charge in [-0.25, -0.2) is 4.79 Å². The van der Waals surface area contributed by atoms with Crippen LogP contribution in [0.15, 0.2) is 35.4 Å². The molecule has 1 N–H and O–H groups in total. The second-order valence-electron chi connectivity index (χ2n) is 5.66. The second kappa shape index (κ2) is 6.65. The van der Waals surface area contributed by atoms with E-state index < -0.39 is 0 Å². The van der Waals surface area contributed by atoms with Gasteiger partial charge in [-0.15, -0.1) is 10.2 Å². The molecule has 0 fully saturated rings. The van der Waals surface area contributed by atoms with Crippen LogP contribution in [0.5, 0.6) is 0 Å². The topological polar surface area (TPSA) is 70.5 Å². The van der Waals surface area contributed by atoms with Crippen molar-refractivity contribution >= 4 is 28.7 Å². The number of hydrogen-bond donors (Lipinski definition) is 1. The van der Waals surface area contributed by atoms with E-state index in [2.05, 4.69) is 41.4 Å². The molecular formula is C15H19N5OS. The highest BCUT2D eigenvalue weighted by molar-refractivity contribution is 7.15. The molecule has 0 bridgehead atoms. The third-order valence-corrected chi connectivity index (χ3v) is 4.09. The number of anilines is 1. The van der Waals surface area contributed by atoms with E-state index >= 15 is 0 Å². The van der Waals surface area contributed by atoms with Crippen molar-refractivity contribution in [1.82, 2.24) is 15.5 Å². The number of nitrogens with one attached hydrogen (secondary N) is 1. The standard InChI is InChI=1S/C15H19N5OS/c1-15(2,3)12-18-19-14(22-12)20(13(21)16-4)17-10-11-8-6-5-7-9-11/h5-10H,1-4H3,(H,16,21). The van der Waals surface area contributed by atoms with Crippen molar-refractivity contribution in [3.8, 4) is 0 Å². The summed E-state index contributed by atoms with van der Waals surface area (Å²) in [4.78, 5) is 12.0. The number of hydrazone groups is 1. The summed E-state index contributed by atoms with van der Waals surface area (Å²) in [6, 6.07) is 9.21. The molecule has 0 aliphatic carbocycles. The van der Waals surface area contributed by atoms with Crippen LogP contribution in [0, 0.1) is 0 Å². The van der Waals surface area contributed by atoms with Crippen molar-refractivity contribution in [2.24, 2.45) is 5.10 Å². The average molecular weight is 317 g/mol. The molecule has 0 unspecified atom stereocenters. The van der Waals surface area contributed by atoms with Crippen LogP contribution in [0.3, 0.4) is 0 Å². The van der Waals surface area contributed by atoms with Crippen LogP contribution in [-0.2, 0) is 5.41 Å². The highest BCUT2D eigenvalue weighted by atomic mass is 32.1. The SMILES string of the molecule is CNC(=O)N(N=Cc1ccccc1)c1nnc(C(C)(C)C)s1. The number of rotatable bonds is 3. The molecule has 116 valence electrons. The molecule has 0 spiro atoms. The Morgan fingerprint density at radius 2 is 1.95 bits per heavy atom. The van der Waals surface area contributed by atoms with Gasteiger partial charge >= 0.3 is 6.03 Å². The lowest BCUT2D eigenvalue weighted by Gasteiger charge is -2.14. The third kappa shape index (κ3) is 3.88. The van der Waals surface area contributed by atoms with E-state index in [9.17, 15) is 4.79 Å². The van der Waals surface area contributed by atoms with Crippen molar-refractivity contribution < 1.29 is 4.79 Å². The number of carbonyl (C=O) groups is 1. The van der Waals surface area contributed by atoms with E-state index in [0.717, 1.165) is 10.6 Å². The summed E-state index contributed by atoms with van der Waals surface area (Å²) < 4.78 is 0. The Balaban J connectivity index is 2.29. The van der Waals surface area contributed by atoms with E-state index in [-0.39, 0.29) is 11.4 Å². The first kappa shape index (κ1) is 16.1. The molecule has 1 aromatic heterocycles. The molecule has 2 rings (SSSR count). The minimum Gasteiger partial charge on any atom is -0.339 e. The second-order valence-corrected chi connectivity index (χ2v) is 6.62. The highest BCUT2D eigenvalue weighted by Crippen LogP contribution is 2.29. The molecular weight excluding hydrogens is 298 g/mol. The zero-order valence-electron chi connectivity index (χ0n) is 13.1. The van der Waals surface area contributed by atoms with Crippen LogP contribution in [0.25, 0.3) is 0 Å². The summed E-state index contributed by atoms with van der Waals surface area (Å²) in [5.74, 6) is 0. The van der Waals surface area contributed by atoms with Crippen LogP contribution >= 0.6 is 11.3 Å². The lowest BCUT2D eigenvalue weighted by molar-refractivity contribution is 0.248. The maximum atomic E-state index is 12.0. The maximum absolute atomic E-state index is 12.0. The largest absolute Gasteiger partial charge is 0.344 e. The number of urea groups is 1. The molecule has 0 atom stereocenters. The Morgan fingerprint density at radius 3 is 2.50 bits per heavy atom. The van der Waals surface area contributed by atoms with Gasteiger partial charge in [0.2, 0.25) is 5.13 Å². The molecule has 0 aliphatic heterocycles. The monoisotopic (exact) mass is 317 g/mol. The Morgan fingerprint density at radius 1 is 1.27 bits per heavy atom. The summed E-state index contributed by atoms with van der Waals surface area (Å²) in [6.45, 7) is 6.15. The summed E-state index contributed by atoms with van der Waals surface area (Å²) in [5, 5.41) is 17.5. The fourth-order valence-electron chi connectivity index (χ4n) is 1.56. The van der Waals surface area contributed by atoms with Gasteiger partial charge in [0.15, 0.2) is 0 Å². The smallest absolute Gasteiger partial charge is 0.339 e. The number of amides is 2. The minimum atomic E-state index is -0.358. The van der Waals surface area contributed by atoms with Crippen molar-refractivity contribution in [2.75, 3.05) is 12.1 Å². The molecule has 6 nitrogen and oxygen atoms in total. The summed E-state index contributed by atoms with van der Waals surface area (Å²) in [7, 11) is 1.55. The average Bonchev–Trinajstić information content (AvgIpc) is 2.98. The lowest BCUT2D eigenvalue weighted by Crippen LogP contribution is -2.34. The van der Waals surface area contributed by atoms with E-state index in [1.165, 1.54) is 16.3 Å². The van der Waals surface area contributed by atoms with Crippen LogP contribution < -0.4 is 10.3 Å². The van der Waals surface area contributed by atoms with Gasteiger partial charge in [0.25, 0.3) is 0 Å². The normalized spacial score (nSPS) is 11.6. The Labute approximate surface area is 133 Å². The first-order chi connectivity index (χ1) is 10.4. The minimum absolute atomic E-state index is 0.118. The van der Waals surface area contributed by atoms with Crippen molar-refractivity contribution in [2.45, 2.75) is 26.2 Å². The summed E-state index contributed by atoms with van der Waals surface area (Å²) >= 11 is 1.36.